The van der Waals surface area contributed by atoms with Crippen molar-refractivity contribution in [3.8, 4) is 0 Å². The molecule has 1 aromatic rings. The predicted molar refractivity (Wildman–Crippen MR) is 70.8 cm³/mol. The largest absolute Gasteiger partial charge is 0.257 e. The molecule has 0 saturated heterocycles. The molecule has 0 spiro atoms. The van der Waals surface area contributed by atoms with Crippen molar-refractivity contribution in [3.63, 3.8) is 0 Å². The lowest BCUT2D eigenvalue weighted by atomic mass is 9.92. The van der Waals surface area contributed by atoms with E-state index >= 15 is 0 Å². The SMILES string of the molecule is CC(C)C1=Nc2ccc(C(C)C)cc2CC1. The third-order valence-electron chi connectivity index (χ3n) is 3.35. The van der Waals surface area contributed by atoms with E-state index < -0.39 is 0 Å². The molecule has 0 atom stereocenters. The normalized spacial score (nSPS) is 15.2. The molecule has 1 aliphatic rings. The van der Waals surface area contributed by atoms with Crippen LogP contribution in [-0.2, 0) is 6.42 Å². The van der Waals surface area contributed by atoms with E-state index in [0.29, 0.717) is 11.8 Å². The fraction of sp³-hybridized carbons (Fsp3) is 0.533. The maximum absolute atomic E-state index is 4.76. The van der Waals surface area contributed by atoms with E-state index in [-0.39, 0.29) is 0 Å². The first-order valence-electron chi connectivity index (χ1n) is 6.28. The van der Waals surface area contributed by atoms with Gasteiger partial charge in [-0.1, -0.05) is 39.8 Å². The van der Waals surface area contributed by atoms with Gasteiger partial charge in [-0.05, 0) is 41.9 Å². The molecule has 0 N–H and O–H groups in total. The van der Waals surface area contributed by atoms with Crippen LogP contribution in [0.1, 0.15) is 51.2 Å². The van der Waals surface area contributed by atoms with E-state index in [9.17, 15) is 0 Å². The molecule has 0 aliphatic carbocycles. The Morgan fingerprint density at radius 1 is 1.00 bits per heavy atom. The van der Waals surface area contributed by atoms with E-state index in [0.717, 1.165) is 12.8 Å². The van der Waals surface area contributed by atoms with Crippen LogP contribution in [0.25, 0.3) is 0 Å². The van der Waals surface area contributed by atoms with Gasteiger partial charge in [0.15, 0.2) is 0 Å². The summed E-state index contributed by atoms with van der Waals surface area (Å²) in [6.45, 7) is 8.94. The highest BCUT2D eigenvalue weighted by Gasteiger charge is 2.15. The summed E-state index contributed by atoms with van der Waals surface area (Å²) in [7, 11) is 0. The standard InChI is InChI=1S/C15H21N/c1-10(2)12-5-8-15-13(9-12)6-7-14(16-15)11(3)4/h5,8-11H,6-7H2,1-4H3. The Hall–Kier alpha value is -1.11. The second kappa shape index (κ2) is 4.40. The van der Waals surface area contributed by atoms with Crippen molar-refractivity contribution in [2.24, 2.45) is 10.9 Å². The number of aliphatic imine (C=N–C) groups is 1. The van der Waals surface area contributed by atoms with Gasteiger partial charge in [0.25, 0.3) is 0 Å². The molecule has 1 heteroatoms. The van der Waals surface area contributed by atoms with Crippen LogP contribution in [0.15, 0.2) is 23.2 Å². The van der Waals surface area contributed by atoms with Crippen molar-refractivity contribution < 1.29 is 0 Å². The first-order valence-corrected chi connectivity index (χ1v) is 6.28. The topological polar surface area (TPSA) is 12.4 Å². The summed E-state index contributed by atoms with van der Waals surface area (Å²) in [5.41, 5.74) is 5.40. The molecule has 1 heterocycles. The van der Waals surface area contributed by atoms with Gasteiger partial charge in [0.2, 0.25) is 0 Å². The summed E-state index contributed by atoms with van der Waals surface area (Å²) in [6.07, 6.45) is 2.29. The summed E-state index contributed by atoms with van der Waals surface area (Å²) >= 11 is 0. The number of rotatable bonds is 2. The first-order chi connectivity index (χ1) is 7.58. The van der Waals surface area contributed by atoms with Gasteiger partial charge in [0.1, 0.15) is 0 Å². The van der Waals surface area contributed by atoms with Crippen molar-refractivity contribution >= 4 is 11.4 Å². The van der Waals surface area contributed by atoms with Crippen LogP contribution >= 0.6 is 0 Å². The molecular formula is C15H21N. The van der Waals surface area contributed by atoms with Crippen LogP contribution in [0.2, 0.25) is 0 Å². The fourth-order valence-corrected chi connectivity index (χ4v) is 2.16. The van der Waals surface area contributed by atoms with Gasteiger partial charge in [0.05, 0.1) is 5.69 Å². The summed E-state index contributed by atoms with van der Waals surface area (Å²) in [5.74, 6) is 1.19. The maximum Gasteiger partial charge on any atom is 0.0661 e. The van der Waals surface area contributed by atoms with E-state index in [4.69, 9.17) is 4.99 Å². The lowest BCUT2D eigenvalue weighted by Gasteiger charge is -2.19. The van der Waals surface area contributed by atoms with Gasteiger partial charge in [-0.25, -0.2) is 0 Å². The molecule has 0 saturated carbocycles. The molecule has 0 bridgehead atoms. The molecule has 0 unspecified atom stereocenters. The molecule has 1 aromatic carbocycles. The summed E-state index contributed by atoms with van der Waals surface area (Å²) in [4.78, 5) is 4.76. The molecule has 0 fully saturated rings. The molecule has 2 rings (SSSR count). The summed E-state index contributed by atoms with van der Waals surface area (Å²) < 4.78 is 0. The van der Waals surface area contributed by atoms with Crippen LogP contribution in [-0.4, -0.2) is 5.71 Å². The number of nitrogens with zero attached hydrogens (tertiary/aromatic N) is 1. The van der Waals surface area contributed by atoms with E-state index in [2.05, 4.69) is 45.9 Å². The Bertz CT molecular complexity index is 413. The molecule has 16 heavy (non-hydrogen) atoms. The minimum Gasteiger partial charge on any atom is -0.257 e. The molecule has 0 radical (unpaired) electrons. The minimum absolute atomic E-state index is 0.581. The maximum atomic E-state index is 4.76. The van der Waals surface area contributed by atoms with Crippen LogP contribution in [0, 0.1) is 5.92 Å². The summed E-state index contributed by atoms with van der Waals surface area (Å²) in [5, 5.41) is 0. The zero-order valence-corrected chi connectivity index (χ0v) is 10.7. The van der Waals surface area contributed by atoms with Crippen LogP contribution in [0.4, 0.5) is 5.69 Å². The molecule has 1 nitrogen and oxygen atoms in total. The average Bonchev–Trinajstić information content (AvgIpc) is 2.27. The van der Waals surface area contributed by atoms with E-state index in [1.165, 1.54) is 22.5 Å². The third kappa shape index (κ3) is 2.18. The van der Waals surface area contributed by atoms with Gasteiger partial charge in [-0.15, -0.1) is 0 Å². The van der Waals surface area contributed by atoms with Crippen LogP contribution < -0.4 is 0 Å². The highest BCUT2D eigenvalue weighted by Crippen LogP contribution is 2.30. The highest BCUT2D eigenvalue weighted by atomic mass is 14.8. The van der Waals surface area contributed by atoms with E-state index in [1.54, 1.807) is 0 Å². The van der Waals surface area contributed by atoms with Crippen molar-refractivity contribution in [1.82, 2.24) is 0 Å². The number of aryl methyl sites for hydroxylation is 1. The second-order valence-electron chi connectivity index (χ2n) is 5.30. The molecule has 1 aliphatic heterocycles. The summed E-state index contributed by atoms with van der Waals surface area (Å²) in [6, 6.07) is 6.74. The van der Waals surface area contributed by atoms with Crippen molar-refractivity contribution in [3.05, 3.63) is 29.3 Å². The average molecular weight is 215 g/mol. The van der Waals surface area contributed by atoms with Crippen LogP contribution in [0.5, 0.6) is 0 Å². The lowest BCUT2D eigenvalue weighted by molar-refractivity contribution is 0.820. The Kier molecular flexibility index (Phi) is 3.13. The smallest absolute Gasteiger partial charge is 0.0661 e. The Morgan fingerprint density at radius 2 is 1.75 bits per heavy atom. The van der Waals surface area contributed by atoms with Gasteiger partial charge >= 0.3 is 0 Å². The number of benzene rings is 1. The molecule has 86 valence electrons. The monoisotopic (exact) mass is 215 g/mol. The third-order valence-corrected chi connectivity index (χ3v) is 3.35. The number of hydrogen-bond donors (Lipinski definition) is 0. The first kappa shape index (κ1) is 11.4. The van der Waals surface area contributed by atoms with Crippen molar-refractivity contribution in [2.75, 3.05) is 0 Å². The van der Waals surface area contributed by atoms with Gasteiger partial charge in [0, 0.05) is 5.71 Å². The Labute approximate surface area is 98.6 Å². The molecular weight excluding hydrogens is 194 g/mol. The van der Waals surface area contributed by atoms with E-state index in [1.807, 2.05) is 0 Å². The van der Waals surface area contributed by atoms with Crippen LogP contribution in [0.3, 0.4) is 0 Å². The van der Waals surface area contributed by atoms with Crippen molar-refractivity contribution in [1.29, 1.82) is 0 Å². The van der Waals surface area contributed by atoms with Gasteiger partial charge < -0.3 is 0 Å². The predicted octanol–water partition coefficient (Wildman–Crippen LogP) is 4.48. The highest BCUT2D eigenvalue weighted by molar-refractivity contribution is 5.90. The minimum atomic E-state index is 0.581. The van der Waals surface area contributed by atoms with Crippen molar-refractivity contribution in [2.45, 2.75) is 46.5 Å². The number of fused-ring (bicyclic) bond motifs is 1. The quantitative estimate of drug-likeness (QED) is 0.689. The second-order valence-corrected chi connectivity index (χ2v) is 5.30. The zero-order valence-electron chi connectivity index (χ0n) is 10.7. The van der Waals surface area contributed by atoms with Gasteiger partial charge in [-0.2, -0.15) is 0 Å². The number of hydrogen-bond acceptors (Lipinski definition) is 1. The van der Waals surface area contributed by atoms with Gasteiger partial charge in [-0.3, -0.25) is 4.99 Å². The Balaban J connectivity index is 2.36. The zero-order chi connectivity index (χ0) is 11.7. The fourth-order valence-electron chi connectivity index (χ4n) is 2.16. The molecule has 0 aromatic heterocycles. The molecule has 0 amide bonds. The lowest BCUT2D eigenvalue weighted by Crippen LogP contribution is -2.12. The Morgan fingerprint density at radius 3 is 2.38 bits per heavy atom.